The van der Waals surface area contributed by atoms with E-state index in [1.165, 1.54) is 36.7 Å². The Labute approximate surface area is 206 Å². The van der Waals surface area contributed by atoms with E-state index in [0.29, 0.717) is 15.7 Å². The molecule has 0 bridgehead atoms. The van der Waals surface area contributed by atoms with Crippen LogP contribution >= 0.6 is 0 Å². The van der Waals surface area contributed by atoms with E-state index in [1.807, 2.05) is 0 Å². The number of pyridine rings is 2. The zero-order chi connectivity index (χ0) is 30.5. The molecule has 2 aromatic heterocycles. The monoisotopic (exact) mass is 603 g/mol. The minimum absolute atomic E-state index is 0.385. The van der Waals surface area contributed by atoms with Crippen molar-refractivity contribution in [3.8, 4) is 11.1 Å². The fraction of sp³-hybridized carbons (Fsp3) is 0.500. The number of nitrogens with zero attached hydrogens (tertiary/aromatic N) is 2. The highest BCUT2D eigenvalue weighted by atomic mass is 19.4. The molecule has 0 aliphatic heterocycles. The van der Waals surface area contributed by atoms with Crippen LogP contribution in [0.2, 0.25) is 0 Å². The van der Waals surface area contributed by atoms with Crippen LogP contribution in [0.5, 0.6) is 0 Å². The molecular formula is C20H12F17N2+. The lowest BCUT2D eigenvalue weighted by Crippen LogP contribution is -2.74. The maximum atomic E-state index is 14.0. The van der Waals surface area contributed by atoms with Crippen molar-refractivity contribution in [1.29, 1.82) is 0 Å². The van der Waals surface area contributed by atoms with Crippen LogP contribution in [0.4, 0.5) is 74.6 Å². The van der Waals surface area contributed by atoms with Crippen LogP contribution in [0, 0.1) is 0 Å². The van der Waals surface area contributed by atoms with Crippen LogP contribution < -0.4 is 4.57 Å². The van der Waals surface area contributed by atoms with Crippen molar-refractivity contribution < 1.29 is 79.2 Å². The predicted molar refractivity (Wildman–Crippen MR) is 95.2 cm³/mol. The smallest absolute Gasteiger partial charge is 0.265 e. The van der Waals surface area contributed by atoms with E-state index in [4.69, 9.17) is 0 Å². The molecule has 39 heavy (non-hydrogen) atoms. The van der Waals surface area contributed by atoms with E-state index in [0.717, 1.165) is 12.4 Å². The van der Waals surface area contributed by atoms with E-state index < -0.39 is 60.6 Å². The Hall–Kier alpha value is -2.89. The Balaban J connectivity index is 2.36. The summed E-state index contributed by atoms with van der Waals surface area (Å²) in [5.41, 5.74) is 0.889. The zero-order valence-electron chi connectivity index (χ0n) is 18.4. The van der Waals surface area contributed by atoms with Crippen molar-refractivity contribution in [2.75, 3.05) is 0 Å². The maximum Gasteiger partial charge on any atom is 0.460 e. The molecule has 19 heteroatoms. The zero-order valence-corrected chi connectivity index (χ0v) is 18.4. The number of aryl methyl sites for hydroxylation is 1. The molecule has 0 atom stereocenters. The van der Waals surface area contributed by atoms with E-state index in [2.05, 4.69) is 4.98 Å². The van der Waals surface area contributed by atoms with Gasteiger partial charge in [-0.3, -0.25) is 4.98 Å². The van der Waals surface area contributed by atoms with Gasteiger partial charge in [0, 0.05) is 24.5 Å². The third-order valence-electron chi connectivity index (χ3n) is 5.38. The highest BCUT2D eigenvalue weighted by Crippen LogP contribution is 2.64. The molecule has 0 aliphatic rings. The van der Waals surface area contributed by atoms with Gasteiger partial charge in [-0.2, -0.15) is 74.6 Å². The average molecular weight is 603 g/mol. The standard InChI is InChI=1S/C20H12F17N2/c21-13(22,5-10-39-8-3-12(4-9-39)11-1-6-38-7-2-11)14(23,24)15(25,26)16(27,28)17(29,30)18(31,32)19(33,34)20(35,36)37/h1-4,6-9H,5,10H2/q+1. The molecule has 0 saturated carbocycles. The van der Waals surface area contributed by atoms with Crippen LogP contribution in [-0.2, 0) is 6.54 Å². The fourth-order valence-electron chi connectivity index (χ4n) is 2.97. The first-order valence-electron chi connectivity index (χ1n) is 9.90. The second-order valence-electron chi connectivity index (χ2n) is 7.96. The summed E-state index contributed by atoms with van der Waals surface area (Å²) in [6, 6.07) is 5.30. The minimum atomic E-state index is -8.63. The van der Waals surface area contributed by atoms with Crippen molar-refractivity contribution >= 4 is 0 Å². The number of alkyl halides is 17. The summed E-state index contributed by atoms with van der Waals surface area (Å²) < 4.78 is 227. The van der Waals surface area contributed by atoms with Crippen LogP contribution in [0.1, 0.15) is 6.42 Å². The quantitative estimate of drug-likeness (QED) is 0.204. The third kappa shape index (κ3) is 4.96. The molecule has 0 spiro atoms. The molecule has 0 saturated heterocycles. The summed E-state index contributed by atoms with van der Waals surface area (Å²) in [6.45, 7) is -1.40. The summed E-state index contributed by atoms with van der Waals surface area (Å²) >= 11 is 0. The number of halogens is 17. The van der Waals surface area contributed by atoms with Crippen molar-refractivity contribution in [3.63, 3.8) is 0 Å². The molecule has 0 radical (unpaired) electrons. The number of hydrogen-bond acceptors (Lipinski definition) is 1. The molecule has 2 rings (SSSR count). The van der Waals surface area contributed by atoms with Gasteiger partial charge in [-0.15, -0.1) is 0 Å². The molecule has 2 nitrogen and oxygen atoms in total. The molecule has 0 fully saturated rings. The van der Waals surface area contributed by atoms with Crippen LogP contribution in [0.3, 0.4) is 0 Å². The van der Waals surface area contributed by atoms with Gasteiger partial charge in [-0.05, 0) is 23.3 Å². The first-order valence-corrected chi connectivity index (χ1v) is 9.90. The summed E-state index contributed by atoms with van der Waals surface area (Å²) in [7, 11) is 0. The second-order valence-corrected chi connectivity index (χ2v) is 7.96. The Morgan fingerprint density at radius 2 is 0.846 bits per heavy atom. The Morgan fingerprint density at radius 3 is 1.26 bits per heavy atom. The number of rotatable bonds is 10. The van der Waals surface area contributed by atoms with E-state index >= 15 is 0 Å². The van der Waals surface area contributed by atoms with Gasteiger partial charge in [0.1, 0.15) is 0 Å². The topological polar surface area (TPSA) is 16.8 Å². The molecule has 0 aromatic carbocycles. The van der Waals surface area contributed by atoms with Gasteiger partial charge in [0.2, 0.25) is 0 Å². The van der Waals surface area contributed by atoms with Gasteiger partial charge in [-0.1, -0.05) is 0 Å². The summed E-state index contributed by atoms with van der Waals surface area (Å²) in [6.07, 6.45) is -5.81. The molecule has 0 unspecified atom stereocenters. The van der Waals surface area contributed by atoms with E-state index in [9.17, 15) is 74.6 Å². The molecule has 220 valence electrons. The first-order chi connectivity index (χ1) is 17.3. The molecule has 0 N–H and O–H groups in total. The summed E-state index contributed by atoms with van der Waals surface area (Å²) in [5.74, 6) is -56.2. The summed E-state index contributed by atoms with van der Waals surface area (Å²) in [5, 5.41) is 0. The largest absolute Gasteiger partial charge is 0.460 e. The Bertz CT molecular complexity index is 1130. The number of aromatic nitrogens is 2. The minimum Gasteiger partial charge on any atom is -0.265 e. The normalized spacial score (nSPS) is 15.0. The Kier molecular flexibility index (Phi) is 7.99. The van der Waals surface area contributed by atoms with Crippen LogP contribution in [0.25, 0.3) is 11.1 Å². The van der Waals surface area contributed by atoms with Gasteiger partial charge in [-0.25, -0.2) is 4.57 Å². The number of hydrogen-bond donors (Lipinski definition) is 0. The molecular weight excluding hydrogens is 591 g/mol. The van der Waals surface area contributed by atoms with Crippen molar-refractivity contribution in [3.05, 3.63) is 49.1 Å². The fourth-order valence-corrected chi connectivity index (χ4v) is 2.97. The summed E-state index contributed by atoms with van der Waals surface area (Å²) in [4.78, 5) is 3.71. The van der Waals surface area contributed by atoms with Crippen molar-refractivity contribution in [2.45, 2.75) is 60.6 Å². The lowest BCUT2D eigenvalue weighted by atomic mass is 9.88. The van der Waals surface area contributed by atoms with Gasteiger partial charge in [0.25, 0.3) is 0 Å². The molecule has 0 amide bonds. The lowest BCUT2D eigenvalue weighted by Gasteiger charge is -2.42. The first kappa shape index (κ1) is 32.3. The van der Waals surface area contributed by atoms with Crippen molar-refractivity contribution in [2.24, 2.45) is 0 Å². The van der Waals surface area contributed by atoms with E-state index in [-0.39, 0.29) is 0 Å². The molecule has 2 heterocycles. The Morgan fingerprint density at radius 1 is 0.487 bits per heavy atom. The molecule has 0 aliphatic carbocycles. The van der Waals surface area contributed by atoms with Crippen molar-refractivity contribution in [1.82, 2.24) is 4.98 Å². The lowest BCUT2D eigenvalue weighted by molar-refractivity contribution is -0.700. The predicted octanol–water partition coefficient (Wildman–Crippen LogP) is 7.44. The third-order valence-corrected chi connectivity index (χ3v) is 5.38. The highest BCUT2D eigenvalue weighted by molar-refractivity contribution is 5.61. The SMILES string of the molecule is FC(F)(F)C(F)(F)C(F)(F)C(F)(F)C(F)(F)C(F)(F)C(F)(F)C(F)(F)CC[n+]1ccc(-c2ccncc2)cc1. The van der Waals surface area contributed by atoms with Crippen LogP contribution in [0.15, 0.2) is 49.1 Å². The highest BCUT2D eigenvalue weighted by Gasteiger charge is 2.95. The van der Waals surface area contributed by atoms with E-state index in [1.54, 1.807) is 0 Å². The molecule has 2 aromatic rings. The van der Waals surface area contributed by atoms with Crippen LogP contribution in [-0.4, -0.2) is 52.6 Å². The van der Waals surface area contributed by atoms with Gasteiger partial charge >= 0.3 is 47.6 Å². The average Bonchev–Trinajstić information content (AvgIpc) is 2.82. The van der Waals surface area contributed by atoms with Gasteiger partial charge in [0.15, 0.2) is 18.9 Å². The van der Waals surface area contributed by atoms with Gasteiger partial charge in [0.05, 0.1) is 6.42 Å². The van der Waals surface area contributed by atoms with Gasteiger partial charge < -0.3 is 0 Å². The maximum absolute atomic E-state index is 14.0. The second kappa shape index (κ2) is 9.64.